The van der Waals surface area contributed by atoms with Crippen molar-refractivity contribution >= 4 is 42.1 Å². The Kier molecular flexibility index (Phi) is 11.5. The van der Waals surface area contributed by atoms with Gasteiger partial charge < -0.3 is 17.8 Å². The summed E-state index contributed by atoms with van der Waals surface area (Å²) in [6, 6.07) is 2.46. The summed E-state index contributed by atoms with van der Waals surface area (Å²) in [4.78, 5) is 23.9. The molecule has 0 unspecified atom stereocenters. The molecular weight excluding hydrogens is 652 g/mol. The van der Waals surface area contributed by atoms with Crippen LogP contribution in [0.25, 0.3) is 4.13 Å². The molecule has 0 aromatic heterocycles. The highest BCUT2D eigenvalue weighted by Gasteiger charge is 2.81. The topological polar surface area (TPSA) is 178 Å². The monoisotopic (exact) mass is 678 g/mol. The minimum atomic E-state index is -7.29. The van der Waals surface area contributed by atoms with Gasteiger partial charge in [0, 0.05) is 6.26 Å². The number of sulfonamides is 2. The minimum absolute atomic E-state index is 0.0499. The molecule has 0 saturated carbocycles. The predicted molar refractivity (Wildman–Crippen MR) is 133 cm³/mol. The van der Waals surface area contributed by atoms with Gasteiger partial charge >= 0.3 is 38.5 Å². The second-order valence-electron chi connectivity index (χ2n) is 9.17. The first-order valence-corrected chi connectivity index (χ1v) is 16.2. The van der Waals surface area contributed by atoms with Crippen LogP contribution in [0.15, 0.2) is 24.3 Å². The van der Waals surface area contributed by atoms with Gasteiger partial charge in [-0.15, -0.1) is 0 Å². The van der Waals surface area contributed by atoms with Crippen molar-refractivity contribution in [1.29, 1.82) is 0 Å². The second-order valence-corrected chi connectivity index (χ2v) is 14.3. The largest absolute Gasteiger partial charge is 0.465 e. The SMILES string of the molecule is CCC(C)(C)C(=O)OCCCCOC(=O)c1ccc(OS(=O)(=O)C(F)(F)C(F)(F)C(F)(F)S(=O)(=O)[N-]S(C)(=O)=O)cc1. The number of alkyl halides is 6. The van der Waals surface area contributed by atoms with Gasteiger partial charge in [0.15, 0.2) is 10.0 Å². The van der Waals surface area contributed by atoms with Crippen LogP contribution in [0, 0.1) is 5.41 Å². The zero-order valence-electron chi connectivity index (χ0n) is 22.3. The number of benzene rings is 1. The highest BCUT2D eigenvalue weighted by molar-refractivity contribution is 8.12. The van der Waals surface area contributed by atoms with Crippen LogP contribution in [0.1, 0.15) is 50.4 Å². The molecule has 0 atom stereocenters. The lowest BCUT2D eigenvalue weighted by Crippen LogP contribution is -2.61. The standard InChI is InChI=1S/C21H26F6NO11S3/c1-5-18(2,3)17(30)38-13-7-6-12-37-16(29)14-8-10-15(11-9-14)39-42(35,36)21(26,27)19(22,23)20(24,25)41(33,34)28-40(4,31)32/h8-11H,5-7,12-13H2,1-4H3/q-1. The quantitative estimate of drug-likeness (QED) is 0.108. The predicted octanol–water partition coefficient (Wildman–Crippen LogP) is 3.80. The molecule has 1 rings (SSSR count). The third-order valence-electron chi connectivity index (χ3n) is 5.34. The molecular formula is C21H26F6NO11S3-. The zero-order valence-corrected chi connectivity index (χ0v) is 24.7. The van der Waals surface area contributed by atoms with E-state index in [4.69, 9.17) is 9.47 Å². The smallest absolute Gasteiger partial charge is 0.450 e. The van der Waals surface area contributed by atoms with Crippen LogP contribution in [0.3, 0.4) is 0 Å². The van der Waals surface area contributed by atoms with Crippen molar-refractivity contribution in [2.24, 2.45) is 5.41 Å². The average molecular weight is 679 g/mol. The number of hydrogen-bond acceptors (Lipinski definition) is 11. The second kappa shape index (κ2) is 12.9. The normalized spacial score (nSPS) is 13.9. The molecule has 42 heavy (non-hydrogen) atoms. The summed E-state index contributed by atoms with van der Waals surface area (Å²) in [6.07, 6.45) is 1.000. The summed E-state index contributed by atoms with van der Waals surface area (Å²) in [7, 11) is -19.7. The Balaban J connectivity index is 2.89. The minimum Gasteiger partial charge on any atom is -0.465 e. The van der Waals surface area contributed by atoms with Crippen LogP contribution in [-0.2, 0) is 44.4 Å². The number of rotatable bonds is 16. The third kappa shape index (κ3) is 8.47. The number of ether oxygens (including phenoxy) is 2. The Morgan fingerprint density at radius 2 is 1.29 bits per heavy atom. The van der Waals surface area contributed by atoms with Crippen molar-refractivity contribution in [1.82, 2.24) is 0 Å². The van der Waals surface area contributed by atoms with E-state index in [1.165, 1.54) is 4.13 Å². The van der Waals surface area contributed by atoms with Crippen molar-refractivity contribution in [3.05, 3.63) is 34.0 Å². The first kappa shape index (κ1) is 37.4. The Hall–Kier alpha value is -2.65. The molecule has 242 valence electrons. The first-order valence-electron chi connectivity index (χ1n) is 11.5. The van der Waals surface area contributed by atoms with E-state index in [0.717, 1.165) is 12.1 Å². The van der Waals surface area contributed by atoms with Crippen molar-refractivity contribution in [2.45, 2.75) is 56.5 Å². The highest BCUT2D eigenvalue weighted by Crippen LogP contribution is 2.52. The van der Waals surface area contributed by atoms with Crippen LogP contribution in [0.5, 0.6) is 5.75 Å². The van der Waals surface area contributed by atoms with Gasteiger partial charge in [-0.2, -0.15) is 34.8 Å². The number of unbranched alkanes of at least 4 members (excludes halogenated alkanes) is 1. The molecule has 0 aliphatic heterocycles. The van der Waals surface area contributed by atoms with Gasteiger partial charge in [-0.3, -0.25) is 4.79 Å². The van der Waals surface area contributed by atoms with E-state index in [-0.39, 0.29) is 31.5 Å². The van der Waals surface area contributed by atoms with Crippen molar-refractivity contribution in [2.75, 3.05) is 19.5 Å². The van der Waals surface area contributed by atoms with E-state index in [1.54, 1.807) is 13.8 Å². The van der Waals surface area contributed by atoms with Gasteiger partial charge in [-0.1, -0.05) is 6.92 Å². The highest BCUT2D eigenvalue weighted by atomic mass is 32.3. The fourth-order valence-electron chi connectivity index (χ4n) is 2.50. The zero-order chi connectivity index (χ0) is 33.0. The molecule has 0 bridgehead atoms. The summed E-state index contributed by atoms with van der Waals surface area (Å²) in [5, 5.41) is -14.0. The Morgan fingerprint density at radius 1 is 0.810 bits per heavy atom. The Bertz CT molecular complexity index is 1460. The van der Waals surface area contributed by atoms with Crippen molar-refractivity contribution in [3.8, 4) is 5.75 Å². The molecule has 0 heterocycles. The lowest BCUT2D eigenvalue weighted by atomic mass is 9.91. The fourth-order valence-corrected chi connectivity index (χ4v) is 5.72. The van der Waals surface area contributed by atoms with Crippen LogP contribution < -0.4 is 4.18 Å². The van der Waals surface area contributed by atoms with Gasteiger partial charge in [-0.25, -0.2) is 21.6 Å². The van der Waals surface area contributed by atoms with Crippen molar-refractivity contribution in [3.63, 3.8) is 0 Å². The van der Waals surface area contributed by atoms with Gasteiger partial charge in [0.1, 0.15) is 5.75 Å². The fraction of sp³-hybridized carbons (Fsp3) is 0.619. The number of carbonyl (C=O) groups excluding carboxylic acids is 2. The Morgan fingerprint density at radius 3 is 1.74 bits per heavy atom. The summed E-state index contributed by atoms with van der Waals surface area (Å²) in [5.74, 6) is -9.90. The Labute approximate surface area is 237 Å². The maximum atomic E-state index is 14.2. The number of nitrogens with zero attached hydrogens (tertiary/aromatic N) is 1. The number of halogens is 6. The van der Waals surface area contributed by atoms with E-state index in [1.807, 2.05) is 6.92 Å². The number of hydrogen-bond donors (Lipinski definition) is 0. The van der Waals surface area contributed by atoms with Crippen LogP contribution in [-0.4, -0.2) is 73.1 Å². The molecule has 0 spiro atoms. The van der Waals surface area contributed by atoms with Gasteiger partial charge in [-0.05, 0) is 57.4 Å². The molecule has 0 N–H and O–H groups in total. The van der Waals surface area contributed by atoms with E-state index in [2.05, 4.69) is 4.18 Å². The van der Waals surface area contributed by atoms with E-state index in [9.17, 15) is 61.2 Å². The van der Waals surface area contributed by atoms with Crippen LogP contribution >= 0.6 is 0 Å². The molecule has 0 aliphatic carbocycles. The van der Waals surface area contributed by atoms with Crippen LogP contribution in [0.2, 0.25) is 0 Å². The maximum Gasteiger partial charge on any atom is 0.450 e. The lowest BCUT2D eigenvalue weighted by molar-refractivity contribution is -0.245. The molecule has 0 amide bonds. The van der Waals surface area contributed by atoms with Gasteiger partial charge in [0.25, 0.3) is 0 Å². The lowest BCUT2D eigenvalue weighted by Gasteiger charge is -2.34. The summed E-state index contributed by atoms with van der Waals surface area (Å²) < 4.78 is 167. The van der Waals surface area contributed by atoms with Crippen LogP contribution in [0.4, 0.5) is 26.3 Å². The third-order valence-corrected chi connectivity index (χ3v) is 9.41. The molecule has 0 fully saturated rings. The molecule has 0 radical (unpaired) electrons. The summed E-state index contributed by atoms with van der Waals surface area (Å²) in [5.41, 5.74) is -0.978. The molecule has 1 aromatic rings. The van der Waals surface area contributed by atoms with E-state index >= 15 is 0 Å². The van der Waals surface area contributed by atoms with E-state index < -0.39 is 69.7 Å². The number of carbonyl (C=O) groups is 2. The number of esters is 2. The average Bonchev–Trinajstić information content (AvgIpc) is 2.84. The molecule has 0 aliphatic rings. The molecule has 1 aromatic carbocycles. The molecule has 12 nitrogen and oxygen atoms in total. The summed E-state index contributed by atoms with van der Waals surface area (Å²) >= 11 is 0. The molecule has 0 saturated heterocycles. The maximum absolute atomic E-state index is 14.2. The van der Waals surface area contributed by atoms with Gasteiger partial charge in [0.2, 0.25) is 0 Å². The molecule has 21 heteroatoms. The van der Waals surface area contributed by atoms with Crippen molar-refractivity contribution < 1.29 is 74.8 Å². The van der Waals surface area contributed by atoms with Gasteiger partial charge in [0.05, 0.1) is 34.2 Å². The van der Waals surface area contributed by atoms with E-state index in [0.29, 0.717) is 25.0 Å². The summed E-state index contributed by atoms with van der Waals surface area (Å²) in [6.45, 7) is 5.11. The first-order chi connectivity index (χ1) is 18.8.